The molecule has 0 aliphatic heterocycles. The maximum Gasteiger partial charge on any atom is 0.238 e. The molecule has 0 amide bonds. The van der Waals surface area contributed by atoms with E-state index in [2.05, 4.69) is 41.5 Å². The topological polar surface area (TPSA) is 88.0 Å². The molecule has 0 spiro atoms. The summed E-state index contributed by atoms with van der Waals surface area (Å²) in [5.74, 6) is 0. The Kier molecular flexibility index (Phi) is 5.22. The molecule has 0 saturated heterocycles. The minimum Gasteiger partial charge on any atom is -0.361 e. The van der Waals surface area contributed by atoms with Crippen LogP contribution in [-0.2, 0) is 16.4 Å². The van der Waals surface area contributed by atoms with Crippen LogP contribution in [0.5, 0.6) is 0 Å². The molecule has 1 heterocycles. The number of nitrogens with two attached hydrogens (primary N) is 1. The van der Waals surface area contributed by atoms with E-state index in [9.17, 15) is 8.42 Å². The van der Waals surface area contributed by atoms with Crippen LogP contribution in [0.1, 0.15) is 30.5 Å². The van der Waals surface area contributed by atoms with E-state index in [0.717, 1.165) is 24.9 Å². The van der Waals surface area contributed by atoms with Gasteiger partial charge in [-0.1, -0.05) is 37.3 Å². The molecule has 0 fully saturated rings. The van der Waals surface area contributed by atoms with E-state index in [4.69, 9.17) is 5.14 Å². The first-order valence-corrected chi connectivity index (χ1v) is 9.95. The van der Waals surface area contributed by atoms with Gasteiger partial charge in [-0.2, -0.15) is 0 Å². The molecule has 3 aromatic rings. The molecule has 0 bridgehead atoms. The predicted octanol–water partition coefficient (Wildman–Crippen LogP) is 3.10. The molecule has 3 rings (SSSR count). The number of nitrogens with one attached hydrogen (secondary N) is 2. The van der Waals surface area contributed by atoms with E-state index in [0.29, 0.717) is 0 Å². The van der Waals surface area contributed by atoms with Crippen LogP contribution in [0.4, 0.5) is 0 Å². The van der Waals surface area contributed by atoms with E-state index in [1.807, 2.05) is 18.3 Å². The summed E-state index contributed by atoms with van der Waals surface area (Å²) in [6, 6.07) is 15.4. The van der Waals surface area contributed by atoms with Crippen molar-refractivity contribution in [3.05, 3.63) is 65.9 Å². The summed E-state index contributed by atoms with van der Waals surface area (Å²) >= 11 is 0. The number of fused-ring (bicyclic) bond motifs is 1. The fourth-order valence-corrected chi connectivity index (χ4v) is 3.63. The van der Waals surface area contributed by atoms with Crippen LogP contribution < -0.4 is 10.5 Å². The van der Waals surface area contributed by atoms with E-state index >= 15 is 0 Å². The summed E-state index contributed by atoms with van der Waals surface area (Å²) in [7, 11) is -3.63. The van der Waals surface area contributed by atoms with E-state index < -0.39 is 10.0 Å². The van der Waals surface area contributed by atoms with Crippen LogP contribution >= 0.6 is 0 Å². The SMILES string of the molecule is CCC(NCCc1ccc(S(N)(=O)=O)cc1)c1cccc2cc[nH]c12. The summed E-state index contributed by atoms with van der Waals surface area (Å²) in [5.41, 5.74) is 3.53. The highest BCUT2D eigenvalue weighted by molar-refractivity contribution is 7.89. The van der Waals surface area contributed by atoms with Crippen molar-refractivity contribution >= 4 is 20.9 Å². The zero-order valence-electron chi connectivity index (χ0n) is 14.2. The molecule has 2 aromatic carbocycles. The van der Waals surface area contributed by atoms with Gasteiger partial charge in [0, 0.05) is 12.2 Å². The van der Waals surface area contributed by atoms with Gasteiger partial charge in [0.15, 0.2) is 0 Å². The fourth-order valence-electron chi connectivity index (χ4n) is 3.11. The molecule has 4 N–H and O–H groups in total. The van der Waals surface area contributed by atoms with Crippen molar-refractivity contribution in [2.75, 3.05) is 6.54 Å². The van der Waals surface area contributed by atoms with Gasteiger partial charge in [0.05, 0.1) is 10.4 Å². The van der Waals surface area contributed by atoms with Gasteiger partial charge in [0.25, 0.3) is 0 Å². The quantitative estimate of drug-likeness (QED) is 0.607. The Labute approximate surface area is 148 Å². The molecule has 0 saturated carbocycles. The monoisotopic (exact) mass is 357 g/mol. The molecule has 1 unspecified atom stereocenters. The fraction of sp³-hybridized carbons (Fsp3) is 0.263. The third kappa shape index (κ3) is 4.10. The lowest BCUT2D eigenvalue weighted by molar-refractivity contribution is 0.525. The Morgan fingerprint density at radius 3 is 2.56 bits per heavy atom. The highest BCUT2D eigenvalue weighted by atomic mass is 32.2. The lowest BCUT2D eigenvalue weighted by atomic mass is 10.0. The minimum atomic E-state index is -3.63. The third-order valence-corrected chi connectivity index (χ3v) is 5.39. The number of hydrogen-bond donors (Lipinski definition) is 3. The van der Waals surface area contributed by atoms with Crippen molar-refractivity contribution < 1.29 is 8.42 Å². The second kappa shape index (κ2) is 7.39. The van der Waals surface area contributed by atoms with Gasteiger partial charge in [-0.15, -0.1) is 0 Å². The summed E-state index contributed by atoms with van der Waals surface area (Å²) in [6.45, 7) is 2.98. The molecule has 0 radical (unpaired) electrons. The highest BCUT2D eigenvalue weighted by Gasteiger charge is 2.12. The molecule has 6 heteroatoms. The Hall–Kier alpha value is -2.15. The summed E-state index contributed by atoms with van der Waals surface area (Å²) in [6.07, 6.45) is 3.78. The van der Waals surface area contributed by atoms with Crippen molar-refractivity contribution in [2.45, 2.75) is 30.7 Å². The van der Waals surface area contributed by atoms with Gasteiger partial charge in [0.2, 0.25) is 10.0 Å². The summed E-state index contributed by atoms with van der Waals surface area (Å²) in [5, 5.41) is 9.94. The Balaban J connectivity index is 1.65. The predicted molar refractivity (Wildman–Crippen MR) is 101 cm³/mol. The average Bonchev–Trinajstić information content (AvgIpc) is 3.07. The minimum absolute atomic E-state index is 0.147. The van der Waals surface area contributed by atoms with Gasteiger partial charge >= 0.3 is 0 Å². The first kappa shape index (κ1) is 17.7. The van der Waals surface area contributed by atoms with E-state index in [1.165, 1.54) is 16.5 Å². The number of sulfonamides is 1. The Bertz CT molecular complexity index is 946. The van der Waals surface area contributed by atoms with Crippen LogP contribution in [0, 0.1) is 0 Å². The van der Waals surface area contributed by atoms with Crippen molar-refractivity contribution in [2.24, 2.45) is 5.14 Å². The maximum absolute atomic E-state index is 11.3. The molecule has 1 aromatic heterocycles. The second-order valence-electron chi connectivity index (χ2n) is 6.14. The van der Waals surface area contributed by atoms with Crippen molar-refractivity contribution in [1.29, 1.82) is 0 Å². The van der Waals surface area contributed by atoms with E-state index in [1.54, 1.807) is 12.1 Å². The first-order chi connectivity index (χ1) is 12.0. The van der Waals surface area contributed by atoms with Crippen LogP contribution in [0.15, 0.2) is 59.6 Å². The zero-order valence-corrected chi connectivity index (χ0v) is 15.0. The van der Waals surface area contributed by atoms with Gasteiger partial charge in [0.1, 0.15) is 0 Å². The normalized spacial score (nSPS) is 13.2. The Morgan fingerprint density at radius 2 is 1.88 bits per heavy atom. The van der Waals surface area contributed by atoms with Gasteiger partial charge < -0.3 is 10.3 Å². The van der Waals surface area contributed by atoms with Crippen molar-refractivity contribution in [3.8, 4) is 0 Å². The third-order valence-electron chi connectivity index (χ3n) is 4.46. The molecule has 5 nitrogen and oxygen atoms in total. The van der Waals surface area contributed by atoms with Gasteiger partial charge in [-0.3, -0.25) is 0 Å². The summed E-state index contributed by atoms with van der Waals surface area (Å²) < 4.78 is 22.6. The second-order valence-corrected chi connectivity index (χ2v) is 7.70. The van der Waals surface area contributed by atoms with Crippen LogP contribution in [0.3, 0.4) is 0 Å². The largest absolute Gasteiger partial charge is 0.361 e. The van der Waals surface area contributed by atoms with Crippen LogP contribution in [0.2, 0.25) is 0 Å². The lowest BCUT2D eigenvalue weighted by Crippen LogP contribution is -2.23. The Morgan fingerprint density at radius 1 is 1.12 bits per heavy atom. The lowest BCUT2D eigenvalue weighted by Gasteiger charge is -2.18. The molecule has 0 aliphatic carbocycles. The molecule has 132 valence electrons. The molecule has 1 atom stereocenters. The molecular weight excluding hydrogens is 334 g/mol. The maximum atomic E-state index is 11.3. The first-order valence-electron chi connectivity index (χ1n) is 8.40. The molecule has 0 aliphatic rings. The van der Waals surface area contributed by atoms with Crippen molar-refractivity contribution in [3.63, 3.8) is 0 Å². The summed E-state index contributed by atoms with van der Waals surface area (Å²) in [4.78, 5) is 3.47. The van der Waals surface area contributed by atoms with E-state index in [-0.39, 0.29) is 10.9 Å². The number of hydrogen-bond acceptors (Lipinski definition) is 3. The number of aromatic amines is 1. The van der Waals surface area contributed by atoms with Crippen LogP contribution in [0.25, 0.3) is 10.9 Å². The standard InChI is InChI=1S/C19H23N3O2S/c1-2-18(17-5-3-4-15-11-13-22-19(15)17)21-12-10-14-6-8-16(9-7-14)25(20,23)24/h3-9,11,13,18,21-22H,2,10,12H2,1H3,(H2,20,23,24). The number of primary sulfonamides is 1. The van der Waals surface area contributed by atoms with Gasteiger partial charge in [-0.05, 0) is 54.1 Å². The zero-order chi connectivity index (χ0) is 17.9. The smallest absolute Gasteiger partial charge is 0.238 e. The number of rotatable bonds is 7. The molecule has 25 heavy (non-hydrogen) atoms. The number of aromatic nitrogens is 1. The molecular formula is C19H23N3O2S. The number of H-pyrrole nitrogens is 1. The number of para-hydroxylation sites is 1. The number of benzene rings is 2. The van der Waals surface area contributed by atoms with Crippen LogP contribution in [-0.4, -0.2) is 19.9 Å². The highest BCUT2D eigenvalue weighted by Crippen LogP contribution is 2.25. The van der Waals surface area contributed by atoms with Gasteiger partial charge in [-0.25, -0.2) is 13.6 Å². The average molecular weight is 357 g/mol. The van der Waals surface area contributed by atoms with Crippen molar-refractivity contribution in [1.82, 2.24) is 10.3 Å².